The Hall–Kier alpha value is -1.91. The summed E-state index contributed by atoms with van der Waals surface area (Å²) in [7, 11) is 0. The van der Waals surface area contributed by atoms with Gasteiger partial charge in [-0.1, -0.05) is 13.8 Å². The van der Waals surface area contributed by atoms with E-state index in [2.05, 4.69) is 13.8 Å². The van der Waals surface area contributed by atoms with Gasteiger partial charge in [0.25, 0.3) is 0 Å². The fraction of sp³-hybridized carbons (Fsp3) is 0.438. The van der Waals surface area contributed by atoms with Gasteiger partial charge in [0.05, 0.1) is 0 Å². The van der Waals surface area contributed by atoms with Gasteiger partial charge in [-0.3, -0.25) is 0 Å². The number of benzene rings is 1. The van der Waals surface area contributed by atoms with Crippen LogP contribution in [0.1, 0.15) is 25.8 Å². The Morgan fingerprint density at radius 3 is 2.48 bits per heavy atom. The third-order valence-corrected chi connectivity index (χ3v) is 3.94. The summed E-state index contributed by atoms with van der Waals surface area (Å²) in [4.78, 5) is 12.2. The highest BCUT2D eigenvalue weighted by Crippen LogP contribution is 2.32. The minimum absolute atomic E-state index is 0.00868. The SMILES string of the molecule is CC(C)C1CCN(c2c(F)cc(/C=C/C(=O)O)cc2F)C1. The monoisotopic (exact) mass is 295 g/mol. The van der Waals surface area contributed by atoms with Gasteiger partial charge < -0.3 is 10.0 Å². The molecular weight excluding hydrogens is 276 g/mol. The largest absolute Gasteiger partial charge is 0.478 e. The van der Waals surface area contributed by atoms with Gasteiger partial charge in [0, 0.05) is 19.2 Å². The number of hydrogen-bond acceptors (Lipinski definition) is 2. The fourth-order valence-corrected chi connectivity index (χ4v) is 2.69. The molecule has 0 aromatic heterocycles. The number of hydrogen-bond donors (Lipinski definition) is 1. The quantitative estimate of drug-likeness (QED) is 0.864. The van der Waals surface area contributed by atoms with Crippen molar-refractivity contribution in [3.05, 3.63) is 35.4 Å². The second-order valence-electron chi connectivity index (χ2n) is 5.74. The maximum Gasteiger partial charge on any atom is 0.328 e. The van der Waals surface area contributed by atoms with Gasteiger partial charge in [-0.05, 0) is 42.0 Å². The molecular formula is C16H19F2NO2. The van der Waals surface area contributed by atoms with Crippen LogP contribution in [-0.2, 0) is 4.79 Å². The van der Waals surface area contributed by atoms with Crippen molar-refractivity contribution in [2.24, 2.45) is 11.8 Å². The van der Waals surface area contributed by atoms with Crippen molar-refractivity contribution in [1.82, 2.24) is 0 Å². The van der Waals surface area contributed by atoms with Crippen molar-refractivity contribution in [3.8, 4) is 0 Å². The van der Waals surface area contributed by atoms with Crippen LogP contribution in [0.5, 0.6) is 0 Å². The Balaban J connectivity index is 2.24. The molecule has 0 saturated carbocycles. The summed E-state index contributed by atoms with van der Waals surface area (Å²) in [6.45, 7) is 5.51. The summed E-state index contributed by atoms with van der Waals surface area (Å²) >= 11 is 0. The molecule has 2 rings (SSSR count). The molecule has 1 aromatic carbocycles. The van der Waals surface area contributed by atoms with E-state index >= 15 is 0 Å². The summed E-state index contributed by atoms with van der Waals surface area (Å²) in [5.74, 6) is -1.53. The molecule has 0 bridgehead atoms. The van der Waals surface area contributed by atoms with Crippen molar-refractivity contribution in [2.45, 2.75) is 20.3 Å². The molecule has 5 heteroatoms. The first-order valence-corrected chi connectivity index (χ1v) is 7.03. The van der Waals surface area contributed by atoms with E-state index in [9.17, 15) is 13.6 Å². The lowest BCUT2D eigenvalue weighted by atomic mass is 9.95. The molecule has 0 aliphatic carbocycles. The lowest BCUT2D eigenvalue weighted by Gasteiger charge is -2.21. The fourth-order valence-electron chi connectivity index (χ4n) is 2.69. The zero-order valence-corrected chi connectivity index (χ0v) is 12.1. The first-order chi connectivity index (χ1) is 9.88. The van der Waals surface area contributed by atoms with Crippen LogP contribution >= 0.6 is 0 Å². The summed E-state index contributed by atoms with van der Waals surface area (Å²) < 4.78 is 28.3. The van der Waals surface area contributed by atoms with Gasteiger partial charge in [0.2, 0.25) is 0 Å². The average Bonchev–Trinajstić information content (AvgIpc) is 2.85. The van der Waals surface area contributed by atoms with Gasteiger partial charge in [-0.25, -0.2) is 13.6 Å². The molecule has 1 atom stereocenters. The van der Waals surface area contributed by atoms with E-state index in [0.717, 1.165) is 12.5 Å². The van der Waals surface area contributed by atoms with Gasteiger partial charge in [-0.2, -0.15) is 0 Å². The lowest BCUT2D eigenvalue weighted by Crippen LogP contribution is -2.23. The molecule has 1 aliphatic heterocycles. The number of nitrogens with zero attached hydrogens (tertiary/aromatic N) is 1. The Labute approximate surface area is 122 Å². The standard InChI is InChI=1S/C16H19F2NO2/c1-10(2)12-5-6-19(9-12)16-13(17)7-11(8-14(16)18)3-4-15(20)21/h3-4,7-8,10,12H,5-6,9H2,1-2H3,(H,20,21)/b4-3+. The molecule has 1 heterocycles. The van der Waals surface area contributed by atoms with Crippen molar-refractivity contribution in [3.63, 3.8) is 0 Å². The van der Waals surface area contributed by atoms with Gasteiger partial charge in [0.15, 0.2) is 0 Å². The molecule has 1 N–H and O–H groups in total. The van der Waals surface area contributed by atoms with E-state index in [1.165, 1.54) is 18.2 Å². The number of halogens is 2. The minimum atomic E-state index is -1.15. The number of carboxylic acid groups (broad SMARTS) is 1. The molecule has 114 valence electrons. The Bertz CT molecular complexity index is 546. The number of anilines is 1. The van der Waals surface area contributed by atoms with E-state index in [-0.39, 0.29) is 11.3 Å². The molecule has 0 spiro atoms. The molecule has 21 heavy (non-hydrogen) atoms. The summed E-state index contributed by atoms with van der Waals surface area (Å²) in [6.07, 6.45) is 2.97. The molecule has 1 aromatic rings. The molecule has 1 saturated heterocycles. The van der Waals surface area contributed by atoms with Crippen LogP contribution in [0.3, 0.4) is 0 Å². The molecule has 1 aliphatic rings. The smallest absolute Gasteiger partial charge is 0.328 e. The highest BCUT2D eigenvalue weighted by atomic mass is 19.1. The average molecular weight is 295 g/mol. The summed E-state index contributed by atoms with van der Waals surface area (Å²) in [5.41, 5.74) is 0.196. The first-order valence-electron chi connectivity index (χ1n) is 7.03. The van der Waals surface area contributed by atoms with Crippen LogP contribution < -0.4 is 4.90 Å². The number of carbonyl (C=O) groups is 1. The molecule has 0 radical (unpaired) electrons. The van der Waals surface area contributed by atoms with E-state index < -0.39 is 17.6 Å². The van der Waals surface area contributed by atoms with Crippen molar-refractivity contribution >= 4 is 17.7 Å². The topological polar surface area (TPSA) is 40.5 Å². The number of aliphatic carboxylic acids is 1. The Morgan fingerprint density at radius 1 is 1.38 bits per heavy atom. The van der Waals surface area contributed by atoms with E-state index in [1.54, 1.807) is 4.90 Å². The van der Waals surface area contributed by atoms with E-state index in [1.807, 2.05) is 0 Å². The van der Waals surface area contributed by atoms with Gasteiger partial charge in [0.1, 0.15) is 17.3 Å². The van der Waals surface area contributed by atoms with E-state index in [4.69, 9.17) is 5.11 Å². The van der Waals surface area contributed by atoms with Crippen LogP contribution in [0, 0.1) is 23.5 Å². The van der Waals surface area contributed by atoms with Crippen LogP contribution in [0.25, 0.3) is 6.08 Å². The third kappa shape index (κ3) is 3.60. The molecule has 1 fully saturated rings. The van der Waals surface area contributed by atoms with Gasteiger partial charge in [-0.15, -0.1) is 0 Å². The normalized spacial score (nSPS) is 18.9. The second-order valence-corrected chi connectivity index (χ2v) is 5.74. The number of carboxylic acids is 1. The highest BCUT2D eigenvalue weighted by Gasteiger charge is 2.28. The van der Waals surface area contributed by atoms with Crippen molar-refractivity contribution < 1.29 is 18.7 Å². The number of rotatable bonds is 4. The predicted molar refractivity (Wildman–Crippen MR) is 78.2 cm³/mol. The van der Waals surface area contributed by atoms with Crippen LogP contribution in [0.2, 0.25) is 0 Å². The minimum Gasteiger partial charge on any atom is -0.478 e. The first kappa shape index (κ1) is 15.5. The molecule has 0 amide bonds. The highest BCUT2D eigenvalue weighted by molar-refractivity contribution is 5.85. The summed E-state index contributed by atoms with van der Waals surface area (Å²) in [5, 5.41) is 8.54. The Kier molecular flexibility index (Phi) is 4.60. The van der Waals surface area contributed by atoms with Crippen molar-refractivity contribution in [1.29, 1.82) is 0 Å². The molecule has 1 unspecified atom stereocenters. The third-order valence-electron chi connectivity index (χ3n) is 3.94. The van der Waals surface area contributed by atoms with Crippen LogP contribution in [0.4, 0.5) is 14.5 Å². The lowest BCUT2D eigenvalue weighted by molar-refractivity contribution is -0.131. The Morgan fingerprint density at radius 2 is 2.00 bits per heavy atom. The zero-order chi connectivity index (χ0) is 15.6. The van der Waals surface area contributed by atoms with Crippen molar-refractivity contribution in [2.75, 3.05) is 18.0 Å². The van der Waals surface area contributed by atoms with Crippen LogP contribution in [-0.4, -0.2) is 24.2 Å². The second kappa shape index (κ2) is 6.24. The zero-order valence-electron chi connectivity index (χ0n) is 12.1. The maximum absolute atomic E-state index is 14.2. The van der Waals surface area contributed by atoms with Gasteiger partial charge >= 0.3 is 5.97 Å². The van der Waals surface area contributed by atoms with Crippen LogP contribution in [0.15, 0.2) is 18.2 Å². The summed E-state index contributed by atoms with van der Waals surface area (Å²) in [6, 6.07) is 2.33. The maximum atomic E-state index is 14.2. The predicted octanol–water partition coefficient (Wildman–Crippen LogP) is 3.54. The van der Waals surface area contributed by atoms with E-state index in [0.29, 0.717) is 24.9 Å². The molecule has 3 nitrogen and oxygen atoms in total.